The second kappa shape index (κ2) is 8.17. The van der Waals surface area contributed by atoms with Crippen molar-refractivity contribution in [3.8, 4) is 0 Å². The third kappa shape index (κ3) is 5.61. The molecule has 1 atom stereocenters. The number of carbonyl (C=O) groups excluding carboxylic acids is 1. The summed E-state index contributed by atoms with van der Waals surface area (Å²) in [6, 6.07) is 0.392. The predicted octanol–water partition coefficient (Wildman–Crippen LogP) is 1.03. The second-order valence-electron chi connectivity index (χ2n) is 4.97. The van der Waals surface area contributed by atoms with E-state index in [9.17, 15) is 4.79 Å². The first-order valence-corrected chi connectivity index (χ1v) is 6.71. The predicted molar refractivity (Wildman–Crippen MR) is 77.4 cm³/mol. The average molecular weight is 287 g/mol. The van der Waals surface area contributed by atoms with Crippen LogP contribution < -0.4 is 10.6 Å². The molecule has 1 aliphatic rings. The molecule has 5 nitrogen and oxygen atoms in total. The van der Waals surface area contributed by atoms with Crippen molar-refractivity contribution in [2.45, 2.75) is 38.1 Å². The number of nitrogens with one attached hydrogen (secondary N) is 2. The summed E-state index contributed by atoms with van der Waals surface area (Å²) in [6.07, 6.45) is 8.77. The van der Waals surface area contributed by atoms with Gasteiger partial charge in [0.1, 0.15) is 0 Å². The number of aryl methyl sites for hydroxylation is 2. The minimum absolute atomic E-state index is 0. The first-order chi connectivity index (χ1) is 8.74. The third-order valence-electron chi connectivity index (χ3n) is 3.32. The van der Waals surface area contributed by atoms with Gasteiger partial charge in [-0.05, 0) is 37.8 Å². The van der Waals surface area contributed by atoms with Crippen molar-refractivity contribution < 1.29 is 4.79 Å². The zero-order valence-corrected chi connectivity index (χ0v) is 12.2. The first kappa shape index (κ1) is 16.0. The van der Waals surface area contributed by atoms with Gasteiger partial charge in [-0.25, -0.2) is 0 Å². The fourth-order valence-corrected chi connectivity index (χ4v) is 2.35. The van der Waals surface area contributed by atoms with E-state index in [1.54, 1.807) is 4.68 Å². The number of amides is 1. The molecule has 0 radical (unpaired) electrons. The van der Waals surface area contributed by atoms with E-state index in [0.29, 0.717) is 12.5 Å². The minimum atomic E-state index is 0. The van der Waals surface area contributed by atoms with E-state index in [2.05, 4.69) is 15.7 Å². The Morgan fingerprint density at radius 3 is 3.11 bits per heavy atom. The topological polar surface area (TPSA) is 59.0 Å². The van der Waals surface area contributed by atoms with Crippen LogP contribution in [0.4, 0.5) is 0 Å². The van der Waals surface area contributed by atoms with Gasteiger partial charge < -0.3 is 10.6 Å². The van der Waals surface area contributed by atoms with Gasteiger partial charge in [-0.1, -0.05) is 0 Å². The molecule has 0 aliphatic carbocycles. The van der Waals surface area contributed by atoms with Gasteiger partial charge in [0.2, 0.25) is 5.91 Å². The van der Waals surface area contributed by atoms with Crippen molar-refractivity contribution in [3.05, 3.63) is 18.0 Å². The van der Waals surface area contributed by atoms with Crippen molar-refractivity contribution >= 4 is 18.3 Å². The number of aromatic nitrogens is 2. The van der Waals surface area contributed by atoms with E-state index in [1.165, 1.54) is 12.0 Å². The van der Waals surface area contributed by atoms with E-state index in [0.717, 1.165) is 32.4 Å². The Kier molecular flexibility index (Phi) is 6.87. The van der Waals surface area contributed by atoms with Crippen LogP contribution >= 0.6 is 12.4 Å². The molecule has 2 heterocycles. The molecule has 1 aliphatic heterocycles. The van der Waals surface area contributed by atoms with Crippen LogP contribution in [0.5, 0.6) is 0 Å². The lowest BCUT2D eigenvalue weighted by Gasteiger charge is -2.10. The van der Waals surface area contributed by atoms with Gasteiger partial charge in [-0.2, -0.15) is 5.10 Å². The largest absolute Gasteiger partial charge is 0.356 e. The fourth-order valence-electron chi connectivity index (χ4n) is 2.35. The van der Waals surface area contributed by atoms with Crippen molar-refractivity contribution in [3.63, 3.8) is 0 Å². The Hall–Kier alpha value is -1.07. The van der Waals surface area contributed by atoms with Gasteiger partial charge in [-0.15, -0.1) is 12.4 Å². The van der Waals surface area contributed by atoms with Gasteiger partial charge >= 0.3 is 0 Å². The summed E-state index contributed by atoms with van der Waals surface area (Å²) in [5, 5.41) is 10.4. The summed E-state index contributed by atoms with van der Waals surface area (Å²) in [6.45, 7) is 1.80. The second-order valence-corrected chi connectivity index (χ2v) is 4.97. The van der Waals surface area contributed by atoms with Crippen LogP contribution in [0.1, 0.15) is 31.2 Å². The molecule has 0 bridgehead atoms. The number of halogens is 1. The van der Waals surface area contributed by atoms with Gasteiger partial charge in [-0.3, -0.25) is 9.48 Å². The summed E-state index contributed by atoms with van der Waals surface area (Å²) < 4.78 is 1.81. The van der Waals surface area contributed by atoms with Crippen LogP contribution in [-0.2, 0) is 18.3 Å². The van der Waals surface area contributed by atoms with E-state index in [-0.39, 0.29) is 18.3 Å². The van der Waals surface area contributed by atoms with Crippen LogP contribution in [-0.4, -0.2) is 34.8 Å². The highest BCUT2D eigenvalue weighted by atomic mass is 35.5. The van der Waals surface area contributed by atoms with E-state index in [4.69, 9.17) is 0 Å². The molecule has 2 rings (SSSR count). The Balaban J connectivity index is 0.00000180. The zero-order chi connectivity index (χ0) is 12.8. The highest BCUT2D eigenvalue weighted by Gasteiger charge is 2.16. The SMILES string of the molecule is Cl.Cn1cc(CCCNC(=O)CC2CCCN2)cn1. The molecule has 6 heteroatoms. The molecule has 0 aromatic carbocycles. The van der Waals surface area contributed by atoms with Crippen molar-refractivity contribution in [1.29, 1.82) is 0 Å². The molecule has 19 heavy (non-hydrogen) atoms. The van der Waals surface area contributed by atoms with Crippen LogP contribution in [0, 0.1) is 0 Å². The molecule has 2 N–H and O–H groups in total. The first-order valence-electron chi connectivity index (χ1n) is 6.71. The number of hydrogen-bond donors (Lipinski definition) is 2. The minimum Gasteiger partial charge on any atom is -0.356 e. The molecular formula is C13H23ClN4O. The molecule has 108 valence electrons. The van der Waals surface area contributed by atoms with Crippen LogP contribution in [0.25, 0.3) is 0 Å². The van der Waals surface area contributed by atoms with E-state index < -0.39 is 0 Å². The maximum absolute atomic E-state index is 11.6. The van der Waals surface area contributed by atoms with Gasteiger partial charge in [0.05, 0.1) is 6.20 Å². The van der Waals surface area contributed by atoms with Crippen molar-refractivity contribution in [2.24, 2.45) is 7.05 Å². The summed E-state index contributed by atoms with van der Waals surface area (Å²) in [5.41, 5.74) is 1.23. The summed E-state index contributed by atoms with van der Waals surface area (Å²) in [5.74, 6) is 0.167. The molecular weight excluding hydrogens is 264 g/mol. The molecule has 1 aromatic heterocycles. The Morgan fingerprint density at radius 1 is 1.63 bits per heavy atom. The van der Waals surface area contributed by atoms with Gasteiger partial charge in [0.25, 0.3) is 0 Å². The third-order valence-corrected chi connectivity index (χ3v) is 3.32. The Labute approximate surface area is 120 Å². The van der Waals surface area contributed by atoms with Crippen LogP contribution in [0.15, 0.2) is 12.4 Å². The molecule has 0 spiro atoms. The lowest BCUT2D eigenvalue weighted by molar-refractivity contribution is -0.121. The standard InChI is InChI=1S/C13H22N4O.ClH/c1-17-10-11(9-16-17)4-2-7-15-13(18)8-12-5-3-6-14-12;/h9-10,12,14H,2-8H2,1H3,(H,15,18);1H. The summed E-state index contributed by atoms with van der Waals surface area (Å²) in [7, 11) is 1.92. The van der Waals surface area contributed by atoms with E-state index >= 15 is 0 Å². The highest BCUT2D eigenvalue weighted by molar-refractivity contribution is 5.85. The molecule has 1 fully saturated rings. The monoisotopic (exact) mass is 286 g/mol. The Bertz CT molecular complexity index is 388. The maximum Gasteiger partial charge on any atom is 0.221 e. The smallest absolute Gasteiger partial charge is 0.221 e. The molecule has 1 amide bonds. The molecule has 1 unspecified atom stereocenters. The van der Waals surface area contributed by atoms with Crippen molar-refractivity contribution in [2.75, 3.05) is 13.1 Å². The number of carbonyl (C=O) groups is 1. The number of hydrogen-bond acceptors (Lipinski definition) is 3. The van der Waals surface area contributed by atoms with E-state index in [1.807, 2.05) is 19.4 Å². The average Bonchev–Trinajstić information content (AvgIpc) is 2.96. The van der Waals surface area contributed by atoms with Crippen LogP contribution in [0.2, 0.25) is 0 Å². The normalized spacial score (nSPS) is 18.1. The van der Waals surface area contributed by atoms with Crippen LogP contribution in [0.3, 0.4) is 0 Å². The highest BCUT2D eigenvalue weighted by Crippen LogP contribution is 2.08. The summed E-state index contributed by atoms with van der Waals surface area (Å²) >= 11 is 0. The van der Waals surface area contributed by atoms with Gasteiger partial charge in [0, 0.05) is 32.3 Å². The van der Waals surface area contributed by atoms with Crippen molar-refractivity contribution in [1.82, 2.24) is 20.4 Å². The fraction of sp³-hybridized carbons (Fsp3) is 0.692. The van der Waals surface area contributed by atoms with Gasteiger partial charge in [0.15, 0.2) is 0 Å². The lowest BCUT2D eigenvalue weighted by atomic mass is 10.1. The molecule has 0 saturated carbocycles. The Morgan fingerprint density at radius 2 is 2.47 bits per heavy atom. The number of nitrogens with zero attached hydrogens (tertiary/aromatic N) is 2. The number of rotatable bonds is 6. The maximum atomic E-state index is 11.6. The molecule has 1 aromatic rings. The quantitative estimate of drug-likeness (QED) is 0.768. The summed E-state index contributed by atoms with van der Waals surface area (Å²) in [4.78, 5) is 11.6. The lowest BCUT2D eigenvalue weighted by Crippen LogP contribution is -2.32. The zero-order valence-electron chi connectivity index (χ0n) is 11.4. The molecule has 1 saturated heterocycles.